The highest BCUT2D eigenvalue weighted by atomic mass is 35.5. The normalized spacial score (nSPS) is 11.3. The average molecular weight is 381 g/mol. The van der Waals surface area contributed by atoms with Crippen LogP contribution in [0.4, 0.5) is 8.78 Å². The van der Waals surface area contributed by atoms with Gasteiger partial charge >= 0.3 is 0 Å². The summed E-state index contributed by atoms with van der Waals surface area (Å²) in [5.41, 5.74) is 1.69. The predicted octanol–water partition coefficient (Wildman–Crippen LogP) is 2.89. The SMILES string of the molecule is O=C(NNS(=O)(=O)c1c(F)cccc1F)c1cc(Cl)ccc1Cl. The lowest BCUT2D eigenvalue weighted by atomic mass is 10.2. The molecule has 2 N–H and O–H groups in total. The van der Waals surface area contributed by atoms with Gasteiger partial charge in [-0.1, -0.05) is 29.3 Å². The van der Waals surface area contributed by atoms with Crippen LogP contribution >= 0.6 is 23.2 Å². The zero-order valence-corrected chi connectivity index (χ0v) is 13.4. The molecular formula is C13H8Cl2F2N2O3S. The number of hydrogen-bond acceptors (Lipinski definition) is 3. The number of amides is 1. The molecule has 2 aromatic rings. The minimum absolute atomic E-state index is 0.0168. The zero-order valence-electron chi connectivity index (χ0n) is 11.1. The minimum atomic E-state index is -4.66. The molecule has 0 radical (unpaired) electrons. The van der Waals surface area contributed by atoms with Crippen molar-refractivity contribution in [3.63, 3.8) is 0 Å². The number of halogens is 4. The first-order valence-corrected chi connectivity index (χ1v) is 8.17. The Morgan fingerprint density at radius 2 is 1.65 bits per heavy atom. The number of hydrogen-bond donors (Lipinski definition) is 2. The molecule has 5 nitrogen and oxygen atoms in total. The average Bonchev–Trinajstić information content (AvgIpc) is 2.47. The highest BCUT2D eigenvalue weighted by molar-refractivity contribution is 7.89. The molecule has 2 aromatic carbocycles. The smallest absolute Gasteiger partial charge is 0.267 e. The van der Waals surface area contributed by atoms with Gasteiger partial charge in [0.2, 0.25) is 0 Å². The van der Waals surface area contributed by atoms with E-state index in [2.05, 4.69) is 0 Å². The monoisotopic (exact) mass is 380 g/mol. The molecule has 0 aliphatic heterocycles. The summed E-state index contributed by atoms with van der Waals surface area (Å²) < 4.78 is 50.8. The van der Waals surface area contributed by atoms with Crippen LogP contribution in [-0.4, -0.2) is 14.3 Å². The Balaban J connectivity index is 2.23. The van der Waals surface area contributed by atoms with E-state index in [4.69, 9.17) is 23.2 Å². The van der Waals surface area contributed by atoms with Crippen molar-refractivity contribution in [3.8, 4) is 0 Å². The summed E-state index contributed by atoms with van der Waals surface area (Å²) >= 11 is 11.5. The summed E-state index contributed by atoms with van der Waals surface area (Å²) in [7, 11) is -4.66. The maximum Gasteiger partial charge on any atom is 0.267 e. The summed E-state index contributed by atoms with van der Waals surface area (Å²) in [6.45, 7) is 0. The van der Waals surface area contributed by atoms with Crippen molar-refractivity contribution in [3.05, 3.63) is 63.6 Å². The summed E-state index contributed by atoms with van der Waals surface area (Å²) in [6, 6.07) is 6.52. The first kappa shape index (κ1) is 17.6. The number of sulfonamides is 1. The van der Waals surface area contributed by atoms with E-state index >= 15 is 0 Å². The van der Waals surface area contributed by atoms with Gasteiger partial charge in [0.25, 0.3) is 15.9 Å². The number of carbonyl (C=O) groups is 1. The van der Waals surface area contributed by atoms with Gasteiger partial charge in [-0.15, -0.1) is 4.83 Å². The standard InChI is InChI=1S/C13H8Cl2F2N2O3S/c14-7-4-5-9(15)8(6-7)13(20)18-19-23(21,22)12-10(16)2-1-3-11(12)17/h1-6,19H,(H,18,20). The third-order valence-electron chi connectivity index (χ3n) is 2.66. The third kappa shape index (κ3) is 3.97. The molecule has 122 valence electrons. The third-order valence-corrected chi connectivity index (χ3v) is 4.52. The lowest BCUT2D eigenvalue weighted by Gasteiger charge is -2.10. The Morgan fingerprint density at radius 1 is 1.04 bits per heavy atom. The topological polar surface area (TPSA) is 75.3 Å². The van der Waals surface area contributed by atoms with Crippen LogP contribution < -0.4 is 10.3 Å². The molecule has 23 heavy (non-hydrogen) atoms. The molecule has 0 spiro atoms. The van der Waals surface area contributed by atoms with Gasteiger partial charge in [0.05, 0.1) is 10.6 Å². The molecule has 0 aromatic heterocycles. The summed E-state index contributed by atoms with van der Waals surface area (Å²) in [5, 5.41) is 0.214. The lowest BCUT2D eigenvalue weighted by molar-refractivity contribution is 0.0945. The van der Waals surface area contributed by atoms with Gasteiger partial charge < -0.3 is 0 Å². The van der Waals surface area contributed by atoms with Gasteiger partial charge in [-0.2, -0.15) is 0 Å². The van der Waals surface area contributed by atoms with E-state index in [1.807, 2.05) is 0 Å². The lowest BCUT2D eigenvalue weighted by Crippen LogP contribution is -2.42. The summed E-state index contributed by atoms with van der Waals surface area (Å²) in [5.74, 6) is -3.54. The van der Waals surface area contributed by atoms with Crippen molar-refractivity contribution < 1.29 is 22.0 Å². The second-order valence-electron chi connectivity index (χ2n) is 4.23. The summed E-state index contributed by atoms with van der Waals surface area (Å²) in [4.78, 5) is 12.3. The van der Waals surface area contributed by atoms with E-state index in [-0.39, 0.29) is 15.6 Å². The van der Waals surface area contributed by atoms with E-state index in [1.165, 1.54) is 18.2 Å². The van der Waals surface area contributed by atoms with Crippen molar-refractivity contribution in [2.24, 2.45) is 0 Å². The van der Waals surface area contributed by atoms with Gasteiger partial charge in [-0.25, -0.2) is 17.2 Å². The van der Waals surface area contributed by atoms with Crippen LogP contribution in [0.5, 0.6) is 0 Å². The van der Waals surface area contributed by atoms with Crippen LogP contribution in [0.15, 0.2) is 41.3 Å². The maximum absolute atomic E-state index is 13.5. The second-order valence-corrected chi connectivity index (χ2v) is 6.70. The molecule has 0 unspecified atom stereocenters. The minimum Gasteiger partial charge on any atom is -0.273 e. The number of carbonyl (C=O) groups excluding carboxylic acids is 1. The highest BCUT2D eigenvalue weighted by Gasteiger charge is 2.24. The van der Waals surface area contributed by atoms with E-state index in [9.17, 15) is 22.0 Å². The van der Waals surface area contributed by atoms with Gasteiger partial charge in [0.1, 0.15) is 11.6 Å². The van der Waals surface area contributed by atoms with Crippen LogP contribution in [0.25, 0.3) is 0 Å². The second kappa shape index (κ2) is 6.79. The highest BCUT2D eigenvalue weighted by Crippen LogP contribution is 2.21. The maximum atomic E-state index is 13.5. The molecular weight excluding hydrogens is 373 g/mol. The fraction of sp³-hybridized carbons (Fsp3) is 0. The Labute approximate surface area is 140 Å². The van der Waals surface area contributed by atoms with Gasteiger partial charge in [0.15, 0.2) is 4.90 Å². The van der Waals surface area contributed by atoms with Crippen LogP contribution in [0.3, 0.4) is 0 Å². The van der Waals surface area contributed by atoms with Gasteiger partial charge in [-0.3, -0.25) is 10.2 Å². The summed E-state index contributed by atoms with van der Waals surface area (Å²) in [6.07, 6.45) is 0. The van der Waals surface area contributed by atoms with Gasteiger partial charge in [0, 0.05) is 5.02 Å². The fourth-order valence-electron chi connectivity index (χ4n) is 1.64. The van der Waals surface area contributed by atoms with E-state index in [1.54, 1.807) is 10.3 Å². The van der Waals surface area contributed by atoms with Crippen molar-refractivity contribution in [1.82, 2.24) is 10.3 Å². The molecule has 0 saturated heterocycles. The number of nitrogens with one attached hydrogen (secondary N) is 2. The Hall–Kier alpha value is -1.74. The zero-order chi connectivity index (χ0) is 17.2. The van der Waals surface area contributed by atoms with E-state index < -0.39 is 32.5 Å². The molecule has 0 aliphatic carbocycles. The fourth-order valence-corrected chi connectivity index (χ4v) is 3.00. The molecule has 0 atom stereocenters. The van der Waals surface area contributed by atoms with Gasteiger partial charge in [-0.05, 0) is 30.3 Å². The van der Waals surface area contributed by atoms with Crippen molar-refractivity contribution >= 4 is 39.1 Å². The van der Waals surface area contributed by atoms with Crippen LogP contribution in [0.2, 0.25) is 10.0 Å². The number of benzene rings is 2. The first-order valence-electron chi connectivity index (χ1n) is 5.93. The molecule has 2 rings (SSSR count). The molecule has 1 amide bonds. The van der Waals surface area contributed by atoms with Crippen molar-refractivity contribution in [2.75, 3.05) is 0 Å². The van der Waals surface area contributed by atoms with Crippen LogP contribution in [0.1, 0.15) is 10.4 Å². The van der Waals surface area contributed by atoms with E-state index in [0.717, 1.165) is 18.2 Å². The van der Waals surface area contributed by atoms with Crippen LogP contribution in [-0.2, 0) is 10.0 Å². The molecule has 0 heterocycles. The Morgan fingerprint density at radius 3 is 2.26 bits per heavy atom. The van der Waals surface area contributed by atoms with Crippen molar-refractivity contribution in [1.29, 1.82) is 0 Å². The molecule has 0 saturated carbocycles. The first-order chi connectivity index (χ1) is 10.7. The molecule has 10 heteroatoms. The van der Waals surface area contributed by atoms with Crippen LogP contribution in [0, 0.1) is 11.6 Å². The largest absolute Gasteiger partial charge is 0.273 e. The Bertz CT molecular complexity index is 855. The molecule has 0 bridgehead atoms. The number of hydrazine groups is 1. The predicted molar refractivity (Wildman–Crippen MR) is 80.6 cm³/mol. The molecule has 0 aliphatic rings. The Kier molecular flexibility index (Phi) is 5.20. The van der Waals surface area contributed by atoms with E-state index in [0.29, 0.717) is 0 Å². The van der Waals surface area contributed by atoms with Crippen molar-refractivity contribution in [2.45, 2.75) is 4.90 Å². The number of rotatable bonds is 4. The quantitative estimate of drug-likeness (QED) is 0.800. The molecule has 0 fully saturated rings.